The SMILES string of the molecule is CCOC(CN)COc1ccc(F)c(F)c1. The molecule has 2 N–H and O–H groups in total. The Morgan fingerprint density at radius 1 is 1.31 bits per heavy atom. The standard InChI is InChI=1S/C11H15F2NO2/c1-2-15-9(6-14)7-16-8-3-4-10(12)11(13)5-8/h3-5,9H,2,6-7,14H2,1H3. The lowest BCUT2D eigenvalue weighted by Crippen LogP contribution is -2.30. The molecule has 1 rings (SSSR count). The lowest BCUT2D eigenvalue weighted by molar-refractivity contribution is 0.0336. The highest BCUT2D eigenvalue weighted by atomic mass is 19.2. The Bertz CT molecular complexity index is 334. The summed E-state index contributed by atoms with van der Waals surface area (Å²) in [6.45, 7) is 2.91. The third-order valence-electron chi connectivity index (χ3n) is 1.99. The number of benzene rings is 1. The molecule has 90 valence electrons. The normalized spacial score (nSPS) is 12.5. The van der Waals surface area contributed by atoms with E-state index in [1.54, 1.807) is 0 Å². The Balaban J connectivity index is 2.50. The predicted molar refractivity (Wildman–Crippen MR) is 56.3 cm³/mol. The highest BCUT2D eigenvalue weighted by Gasteiger charge is 2.08. The second kappa shape index (κ2) is 6.40. The van der Waals surface area contributed by atoms with Crippen molar-refractivity contribution in [2.24, 2.45) is 5.73 Å². The molecular weight excluding hydrogens is 216 g/mol. The van der Waals surface area contributed by atoms with E-state index in [0.717, 1.165) is 12.1 Å². The molecule has 5 heteroatoms. The second-order valence-corrected chi connectivity index (χ2v) is 3.20. The van der Waals surface area contributed by atoms with Gasteiger partial charge in [0.05, 0.1) is 0 Å². The van der Waals surface area contributed by atoms with Crippen molar-refractivity contribution in [2.75, 3.05) is 19.8 Å². The first-order chi connectivity index (χ1) is 7.67. The molecule has 16 heavy (non-hydrogen) atoms. The highest BCUT2D eigenvalue weighted by molar-refractivity contribution is 5.23. The molecule has 0 heterocycles. The second-order valence-electron chi connectivity index (χ2n) is 3.20. The van der Waals surface area contributed by atoms with Crippen LogP contribution in [0.2, 0.25) is 0 Å². The van der Waals surface area contributed by atoms with Crippen LogP contribution >= 0.6 is 0 Å². The number of hydrogen-bond donors (Lipinski definition) is 1. The van der Waals surface area contributed by atoms with Crippen molar-refractivity contribution in [3.05, 3.63) is 29.8 Å². The molecule has 0 aromatic heterocycles. The Kier molecular flexibility index (Phi) is 5.14. The first-order valence-corrected chi connectivity index (χ1v) is 5.07. The number of halogens is 2. The average Bonchev–Trinajstić information content (AvgIpc) is 2.28. The lowest BCUT2D eigenvalue weighted by Gasteiger charge is -2.15. The van der Waals surface area contributed by atoms with Crippen molar-refractivity contribution in [2.45, 2.75) is 13.0 Å². The molecule has 0 amide bonds. The van der Waals surface area contributed by atoms with E-state index in [1.807, 2.05) is 6.92 Å². The van der Waals surface area contributed by atoms with Gasteiger partial charge in [0.15, 0.2) is 11.6 Å². The Hall–Kier alpha value is -1.20. The quantitative estimate of drug-likeness (QED) is 0.810. The van der Waals surface area contributed by atoms with Gasteiger partial charge in [-0.2, -0.15) is 0 Å². The van der Waals surface area contributed by atoms with Crippen LogP contribution in [-0.4, -0.2) is 25.9 Å². The van der Waals surface area contributed by atoms with Gasteiger partial charge in [-0.15, -0.1) is 0 Å². The minimum absolute atomic E-state index is 0.218. The van der Waals surface area contributed by atoms with Crippen LogP contribution in [0, 0.1) is 11.6 Å². The summed E-state index contributed by atoms with van der Waals surface area (Å²) in [5.74, 6) is -1.57. The molecule has 1 aromatic carbocycles. The number of nitrogens with two attached hydrogens (primary N) is 1. The van der Waals surface area contributed by atoms with Crippen LogP contribution in [0.5, 0.6) is 5.75 Å². The van der Waals surface area contributed by atoms with Crippen LogP contribution in [0.25, 0.3) is 0 Å². The van der Waals surface area contributed by atoms with Crippen molar-refractivity contribution in [3.63, 3.8) is 0 Å². The first kappa shape index (κ1) is 12.9. The molecule has 0 saturated carbocycles. The molecule has 0 aliphatic rings. The van der Waals surface area contributed by atoms with Crippen molar-refractivity contribution in [1.29, 1.82) is 0 Å². The number of hydrogen-bond acceptors (Lipinski definition) is 3. The molecule has 1 atom stereocenters. The van der Waals surface area contributed by atoms with Gasteiger partial charge in [0.2, 0.25) is 0 Å². The van der Waals surface area contributed by atoms with E-state index < -0.39 is 11.6 Å². The molecule has 1 aromatic rings. The minimum atomic E-state index is -0.932. The van der Waals surface area contributed by atoms with Gasteiger partial charge in [-0.25, -0.2) is 8.78 Å². The summed E-state index contributed by atoms with van der Waals surface area (Å²) in [7, 11) is 0. The van der Waals surface area contributed by atoms with Crippen LogP contribution in [0.3, 0.4) is 0 Å². The molecule has 0 aliphatic heterocycles. The molecule has 1 unspecified atom stereocenters. The van der Waals surface area contributed by atoms with Crippen LogP contribution < -0.4 is 10.5 Å². The van der Waals surface area contributed by atoms with Gasteiger partial charge < -0.3 is 15.2 Å². The first-order valence-electron chi connectivity index (χ1n) is 5.07. The van der Waals surface area contributed by atoms with Gasteiger partial charge >= 0.3 is 0 Å². The average molecular weight is 231 g/mol. The zero-order valence-corrected chi connectivity index (χ0v) is 9.08. The number of rotatable bonds is 6. The van der Waals surface area contributed by atoms with Gasteiger partial charge in [-0.3, -0.25) is 0 Å². The summed E-state index contributed by atoms with van der Waals surface area (Å²) in [5, 5.41) is 0. The number of ether oxygens (including phenoxy) is 2. The van der Waals surface area contributed by atoms with E-state index in [9.17, 15) is 8.78 Å². The Morgan fingerprint density at radius 3 is 2.62 bits per heavy atom. The topological polar surface area (TPSA) is 44.5 Å². The maximum Gasteiger partial charge on any atom is 0.162 e. The monoisotopic (exact) mass is 231 g/mol. The van der Waals surface area contributed by atoms with E-state index in [4.69, 9.17) is 15.2 Å². The molecule has 0 aliphatic carbocycles. The van der Waals surface area contributed by atoms with Gasteiger partial charge in [0.1, 0.15) is 18.5 Å². The Labute approximate surface area is 93.2 Å². The van der Waals surface area contributed by atoms with E-state index >= 15 is 0 Å². The van der Waals surface area contributed by atoms with Crippen molar-refractivity contribution < 1.29 is 18.3 Å². The lowest BCUT2D eigenvalue weighted by atomic mass is 10.3. The predicted octanol–water partition coefficient (Wildman–Crippen LogP) is 1.71. The van der Waals surface area contributed by atoms with E-state index in [1.165, 1.54) is 6.07 Å². The molecule has 0 bridgehead atoms. The molecule has 0 radical (unpaired) electrons. The molecule has 3 nitrogen and oxygen atoms in total. The van der Waals surface area contributed by atoms with Gasteiger partial charge in [0, 0.05) is 19.2 Å². The largest absolute Gasteiger partial charge is 0.491 e. The summed E-state index contributed by atoms with van der Waals surface area (Å²) in [4.78, 5) is 0. The summed E-state index contributed by atoms with van der Waals surface area (Å²) >= 11 is 0. The van der Waals surface area contributed by atoms with Crippen LogP contribution in [0.15, 0.2) is 18.2 Å². The van der Waals surface area contributed by atoms with Crippen molar-refractivity contribution in [3.8, 4) is 5.75 Å². The van der Waals surface area contributed by atoms with Crippen LogP contribution in [0.1, 0.15) is 6.92 Å². The molecule has 0 saturated heterocycles. The van der Waals surface area contributed by atoms with Gasteiger partial charge in [-0.05, 0) is 19.1 Å². The van der Waals surface area contributed by atoms with Crippen LogP contribution in [-0.2, 0) is 4.74 Å². The van der Waals surface area contributed by atoms with Gasteiger partial charge in [-0.1, -0.05) is 0 Å². The maximum absolute atomic E-state index is 12.8. The van der Waals surface area contributed by atoms with Crippen molar-refractivity contribution >= 4 is 0 Å². The molecular formula is C11H15F2NO2. The molecule has 0 spiro atoms. The van der Waals surface area contributed by atoms with E-state index in [2.05, 4.69) is 0 Å². The fourth-order valence-corrected chi connectivity index (χ4v) is 1.18. The summed E-state index contributed by atoms with van der Waals surface area (Å²) in [6.07, 6.45) is -0.238. The van der Waals surface area contributed by atoms with E-state index in [0.29, 0.717) is 13.2 Å². The highest BCUT2D eigenvalue weighted by Crippen LogP contribution is 2.15. The smallest absolute Gasteiger partial charge is 0.162 e. The summed E-state index contributed by atoms with van der Waals surface area (Å²) in [6, 6.07) is 3.37. The zero-order valence-electron chi connectivity index (χ0n) is 9.08. The van der Waals surface area contributed by atoms with Crippen molar-refractivity contribution in [1.82, 2.24) is 0 Å². The third kappa shape index (κ3) is 3.75. The maximum atomic E-state index is 12.8. The summed E-state index contributed by atoms with van der Waals surface area (Å²) in [5.41, 5.74) is 5.44. The zero-order chi connectivity index (χ0) is 12.0. The minimum Gasteiger partial charge on any atom is -0.491 e. The summed E-state index contributed by atoms with van der Waals surface area (Å²) < 4.78 is 35.9. The van der Waals surface area contributed by atoms with E-state index in [-0.39, 0.29) is 18.5 Å². The Morgan fingerprint density at radius 2 is 2.06 bits per heavy atom. The third-order valence-corrected chi connectivity index (χ3v) is 1.99. The van der Waals surface area contributed by atoms with Gasteiger partial charge in [0.25, 0.3) is 0 Å². The van der Waals surface area contributed by atoms with Crippen LogP contribution in [0.4, 0.5) is 8.78 Å². The fourth-order valence-electron chi connectivity index (χ4n) is 1.18. The molecule has 0 fully saturated rings. The fraction of sp³-hybridized carbons (Fsp3) is 0.455.